The van der Waals surface area contributed by atoms with Crippen LogP contribution in [0.3, 0.4) is 0 Å². The van der Waals surface area contributed by atoms with Crippen molar-refractivity contribution in [2.24, 2.45) is 5.92 Å². The molecule has 0 aliphatic heterocycles. The normalized spacial score (nSPS) is 15.6. The number of rotatable bonds is 6. The van der Waals surface area contributed by atoms with Gasteiger partial charge < -0.3 is 4.74 Å². The molecule has 0 heterocycles. The Morgan fingerprint density at radius 3 is 2.06 bits per heavy atom. The summed E-state index contributed by atoms with van der Waals surface area (Å²) >= 11 is 0. The number of esters is 1. The number of hydrogen-bond acceptors (Lipinski definition) is 2. The van der Waals surface area contributed by atoms with Crippen LogP contribution in [0.25, 0.3) is 0 Å². The van der Waals surface area contributed by atoms with Crippen LogP contribution < -0.4 is 0 Å². The topological polar surface area (TPSA) is 26.3 Å². The van der Waals surface area contributed by atoms with Crippen LogP contribution in [-0.4, -0.2) is 21.6 Å². The van der Waals surface area contributed by atoms with E-state index in [-0.39, 0.29) is 21.6 Å². The van der Waals surface area contributed by atoms with Crippen LogP contribution in [0.2, 0.25) is 5.54 Å². The van der Waals surface area contributed by atoms with Crippen molar-refractivity contribution in [3.8, 4) is 0 Å². The van der Waals surface area contributed by atoms with E-state index in [1.807, 2.05) is 20.8 Å². The van der Waals surface area contributed by atoms with Gasteiger partial charge in [0, 0.05) is 5.57 Å². The van der Waals surface area contributed by atoms with Crippen LogP contribution in [0.15, 0.2) is 10.8 Å². The fourth-order valence-corrected chi connectivity index (χ4v) is 3.74. The first-order valence-electron chi connectivity index (χ1n) is 6.70. The fraction of sp³-hybridized carbons (Fsp3) is 0.786. The molecule has 0 aromatic heterocycles. The molecular weight excluding hydrogens is 228 g/mol. The lowest BCUT2D eigenvalue weighted by Gasteiger charge is -2.19. The van der Waals surface area contributed by atoms with Gasteiger partial charge in [-0.3, -0.25) is 0 Å². The molecule has 0 amide bonds. The molecule has 0 bridgehead atoms. The van der Waals surface area contributed by atoms with E-state index in [2.05, 4.69) is 27.7 Å². The first-order valence-corrected chi connectivity index (χ1v) is 8.22. The molecule has 0 spiro atoms. The van der Waals surface area contributed by atoms with Gasteiger partial charge in [0.05, 0.1) is 15.6 Å². The summed E-state index contributed by atoms with van der Waals surface area (Å²) in [7, 11) is -0.343. The lowest BCUT2D eigenvalue weighted by atomic mass is 10.1. The second-order valence-electron chi connectivity index (χ2n) is 5.48. The van der Waals surface area contributed by atoms with Crippen molar-refractivity contribution in [1.82, 2.24) is 0 Å². The summed E-state index contributed by atoms with van der Waals surface area (Å²) < 4.78 is 5.28. The van der Waals surface area contributed by atoms with Gasteiger partial charge in [-0.15, -0.1) is 0 Å². The molecule has 0 saturated heterocycles. The van der Waals surface area contributed by atoms with Crippen LogP contribution in [-0.2, 0) is 9.53 Å². The van der Waals surface area contributed by atoms with E-state index in [4.69, 9.17) is 4.74 Å². The lowest BCUT2D eigenvalue weighted by molar-refractivity contribution is -0.142. The maximum atomic E-state index is 11.9. The average Bonchev–Trinajstić information content (AvgIpc) is 2.23. The molecule has 0 aromatic rings. The molecule has 0 saturated carbocycles. The predicted molar refractivity (Wildman–Crippen MR) is 77.0 cm³/mol. The molecular formula is C14H28O2Si. The van der Waals surface area contributed by atoms with Crippen molar-refractivity contribution >= 4 is 15.5 Å². The predicted octanol–water partition coefficient (Wildman–Crippen LogP) is 3.26. The summed E-state index contributed by atoms with van der Waals surface area (Å²) in [4.78, 5) is 11.9. The smallest absolute Gasteiger partial charge is 0.333 e. The summed E-state index contributed by atoms with van der Waals surface area (Å²) in [6.45, 7) is 14.6. The van der Waals surface area contributed by atoms with Gasteiger partial charge >= 0.3 is 5.97 Å². The fourth-order valence-electron chi connectivity index (χ4n) is 1.78. The Labute approximate surface area is 109 Å². The van der Waals surface area contributed by atoms with Crippen molar-refractivity contribution in [2.45, 2.75) is 66.5 Å². The van der Waals surface area contributed by atoms with Gasteiger partial charge in [-0.1, -0.05) is 44.9 Å². The number of carbonyl (C=O) groups is 1. The summed E-state index contributed by atoms with van der Waals surface area (Å²) in [5.41, 5.74) is 1.62. The second-order valence-corrected chi connectivity index (χ2v) is 8.04. The SMILES string of the molecule is CCC(C)[SiH2]C(=C(C)C(=O)OC(C)C)C(C)C. The van der Waals surface area contributed by atoms with Gasteiger partial charge in [0.1, 0.15) is 0 Å². The van der Waals surface area contributed by atoms with Crippen LogP contribution >= 0.6 is 0 Å². The van der Waals surface area contributed by atoms with Crippen molar-refractivity contribution in [2.75, 3.05) is 0 Å². The van der Waals surface area contributed by atoms with Crippen LogP contribution in [0.4, 0.5) is 0 Å². The van der Waals surface area contributed by atoms with Crippen LogP contribution in [0.5, 0.6) is 0 Å². The Bertz CT molecular complexity index is 280. The minimum Gasteiger partial charge on any atom is -0.460 e. The zero-order chi connectivity index (χ0) is 13.6. The summed E-state index contributed by atoms with van der Waals surface area (Å²) in [5.74, 6) is 0.342. The monoisotopic (exact) mass is 256 g/mol. The minimum atomic E-state index is -0.343. The summed E-state index contributed by atoms with van der Waals surface area (Å²) in [6, 6.07) is 0. The largest absolute Gasteiger partial charge is 0.460 e. The highest BCUT2D eigenvalue weighted by atomic mass is 28.2. The maximum absolute atomic E-state index is 11.9. The summed E-state index contributed by atoms with van der Waals surface area (Å²) in [5, 5.41) is 1.38. The highest BCUT2D eigenvalue weighted by molar-refractivity contribution is 6.48. The van der Waals surface area contributed by atoms with E-state index in [0.717, 1.165) is 11.1 Å². The molecule has 2 nitrogen and oxygen atoms in total. The van der Waals surface area contributed by atoms with Gasteiger partial charge in [-0.2, -0.15) is 0 Å². The zero-order valence-corrected chi connectivity index (χ0v) is 13.9. The van der Waals surface area contributed by atoms with Crippen molar-refractivity contribution in [3.05, 3.63) is 10.8 Å². The Hall–Kier alpha value is -0.573. The van der Waals surface area contributed by atoms with Crippen molar-refractivity contribution in [1.29, 1.82) is 0 Å². The Balaban J connectivity index is 4.91. The first-order chi connectivity index (χ1) is 7.79. The molecule has 17 heavy (non-hydrogen) atoms. The van der Waals surface area contributed by atoms with Crippen LogP contribution in [0, 0.1) is 5.92 Å². The minimum absolute atomic E-state index is 0.0314. The van der Waals surface area contributed by atoms with Crippen molar-refractivity contribution in [3.63, 3.8) is 0 Å². The van der Waals surface area contributed by atoms with Gasteiger partial charge in [-0.25, -0.2) is 4.79 Å². The van der Waals surface area contributed by atoms with E-state index in [1.54, 1.807) is 0 Å². The number of carbonyl (C=O) groups excluding carboxylic acids is 1. The third-order valence-corrected chi connectivity index (χ3v) is 6.15. The van der Waals surface area contributed by atoms with E-state index in [9.17, 15) is 4.79 Å². The summed E-state index contributed by atoms with van der Waals surface area (Å²) in [6.07, 6.45) is 1.17. The van der Waals surface area contributed by atoms with Gasteiger partial charge in [-0.05, 0) is 26.7 Å². The quantitative estimate of drug-likeness (QED) is 0.414. The Kier molecular flexibility index (Phi) is 7.44. The molecule has 100 valence electrons. The van der Waals surface area contributed by atoms with E-state index in [1.165, 1.54) is 11.6 Å². The zero-order valence-electron chi connectivity index (χ0n) is 12.5. The molecule has 0 aliphatic carbocycles. The molecule has 0 rings (SSSR count). The van der Waals surface area contributed by atoms with Crippen molar-refractivity contribution < 1.29 is 9.53 Å². The Morgan fingerprint density at radius 2 is 1.71 bits per heavy atom. The Morgan fingerprint density at radius 1 is 1.18 bits per heavy atom. The molecule has 1 atom stereocenters. The third-order valence-electron chi connectivity index (χ3n) is 3.09. The second kappa shape index (κ2) is 7.70. The number of allylic oxidation sites excluding steroid dienone is 1. The van der Waals surface area contributed by atoms with E-state index >= 15 is 0 Å². The molecule has 0 aromatic carbocycles. The average molecular weight is 256 g/mol. The van der Waals surface area contributed by atoms with Gasteiger partial charge in [0.2, 0.25) is 0 Å². The first kappa shape index (κ1) is 16.4. The van der Waals surface area contributed by atoms with E-state index in [0.29, 0.717) is 5.92 Å². The molecule has 0 N–H and O–H groups in total. The van der Waals surface area contributed by atoms with Gasteiger partial charge in [0.25, 0.3) is 0 Å². The maximum Gasteiger partial charge on any atom is 0.333 e. The highest BCUT2D eigenvalue weighted by Gasteiger charge is 2.17. The lowest BCUT2D eigenvalue weighted by Crippen LogP contribution is -2.18. The molecule has 3 heteroatoms. The van der Waals surface area contributed by atoms with Crippen LogP contribution in [0.1, 0.15) is 54.9 Å². The van der Waals surface area contributed by atoms with Gasteiger partial charge in [0.15, 0.2) is 0 Å². The highest BCUT2D eigenvalue weighted by Crippen LogP contribution is 2.21. The molecule has 0 fully saturated rings. The molecule has 1 unspecified atom stereocenters. The standard InChI is InChI=1S/C14H28O2Si/c1-8-11(6)17-13(9(2)3)12(7)14(15)16-10(4)5/h9-11H,8,17H2,1-7H3. The number of hydrogen-bond donors (Lipinski definition) is 0. The molecule has 0 radical (unpaired) electrons. The third kappa shape index (κ3) is 6.06. The molecule has 0 aliphatic rings. The number of ether oxygens (including phenoxy) is 1. The van der Waals surface area contributed by atoms with E-state index < -0.39 is 0 Å².